The zero-order chi connectivity index (χ0) is 19.6. The summed E-state index contributed by atoms with van der Waals surface area (Å²) in [5, 5.41) is 0. The van der Waals surface area contributed by atoms with Gasteiger partial charge in [-0.15, -0.1) is 11.6 Å². The molecule has 2 unspecified atom stereocenters. The molecule has 0 saturated carbocycles. The van der Waals surface area contributed by atoms with Gasteiger partial charge in [-0.2, -0.15) is 5.56 Å². The fourth-order valence-electron chi connectivity index (χ4n) is 4.05. The molecular formula is C24H29Cl2Si2Zr-. The van der Waals surface area contributed by atoms with Crippen molar-refractivity contribution >= 4 is 25.7 Å². The van der Waals surface area contributed by atoms with Gasteiger partial charge in [-0.1, -0.05) is 79.7 Å². The van der Waals surface area contributed by atoms with Crippen LogP contribution >= 0.6 is 0 Å². The van der Waals surface area contributed by atoms with Crippen LogP contribution in [0.15, 0.2) is 54.1 Å². The summed E-state index contributed by atoms with van der Waals surface area (Å²) < 4.78 is 0. The number of fused-ring (bicyclic) bond motifs is 2. The molecule has 2 aliphatic carbocycles. The average Bonchev–Trinajstić information content (AvgIpc) is 3.13. The van der Waals surface area contributed by atoms with E-state index >= 15 is 0 Å². The predicted molar refractivity (Wildman–Crippen MR) is 120 cm³/mol. The van der Waals surface area contributed by atoms with Crippen LogP contribution in [0.25, 0.3) is 12.2 Å². The Morgan fingerprint density at radius 2 is 1.41 bits per heavy atom. The van der Waals surface area contributed by atoms with Gasteiger partial charge in [0.1, 0.15) is 0 Å². The molecule has 4 rings (SSSR count). The molecule has 0 radical (unpaired) electrons. The topological polar surface area (TPSA) is 0 Å². The summed E-state index contributed by atoms with van der Waals surface area (Å²) in [4.78, 5) is 0. The Morgan fingerprint density at radius 1 is 0.897 bits per heavy atom. The summed E-state index contributed by atoms with van der Waals surface area (Å²) in [7, 11) is -1.15. The second-order valence-corrected chi connectivity index (χ2v) is 23.8. The predicted octanol–water partition coefficient (Wildman–Crippen LogP) is 0.911. The zero-order valence-electron chi connectivity index (χ0n) is 17.9. The molecule has 0 saturated heterocycles. The van der Waals surface area contributed by atoms with Gasteiger partial charge in [0.25, 0.3) is 0 Å². The molecule has 0 heterocycles. The smallest absolute Gasteiger partial charge is 1.00 e. The molecule has 2 aromatic carbocycles. The minimum absolute atomic E-state index is 0. The summed E-state index contributed by atoms with van der Waals surface area (Å²) in [5.74, 6) is 0.843. The van der Waals surface area contributed by atoms with Crippen molar-refractivity contribution in [3.05, 3.63) is 82.4 Å². The first-order valence-electron chi connectivity index (χ1n) is 9.75. The number of benzene rings is 2. The molecule has 0 bridgehead atoms. The Morgan fingerprint density at radius 3 is 2.00 bits per heavy atom. The van der Waals surface area contributed by atoms with Crippen molar-refractivity contribution in [2.75, 3.05) is 0 Å². The van der Waals surface area contributed by atoms with Gasteiger partial charge in [0.2, 0.25) is 0 Å². The van der Waals surface area contributed by atoms with E-state index in [9.17, 15) is 0 Å². The van der Waals surface area contributed by atoms with Gasteiger partial charge >= 0.3 is 41.9 Å². The van der Waals surface area contributed by atoms with E-state index in [1.54, 1.807) is 28.9 Å². The SMILES string of the molecule is C[Si](C)(C)CC1=Cc2ccccc2C1C1[C-]=Cc2ccccc21.C[Si](C)=[Zr+2].[Cl-].[Cl-]. The van der Waals surface area contributed by atoms with Gasteiger partial charge < -0.3 is 24.8 Å². The summed E-state index contributed by atoms with van der Waals surface area (Å²) in [6.45, 7) is 12.0. The van der Waals surface area contributed by atoms with Crippen molar-refractivity contribution in [1.29, 1.82) is 0 Å². The largest absolute Gasteiger partial charge is 1.00 e. The fourth-order valence-corrected chi connectivity index (χ4v) is 5.60. The van der Waals surface area contributed by atoms with E-state index in [1.165, 1.54) is 28.3 Å². The third-order valence-electron chi connectivity index (χ3n) is 4.89. The van der Waals surface area contributed by atoms with Gasteiger partial charge in [-0.25, -0.2) is 6.08 Å². The van der Waals surface area contributed by atoms with E-state index < -0.39 is 8.07 Å². The van der Waals surface area contributed by atoms with E-state index in [1.807, 2.05) is 0 Å². The summed E-state index contributed by atoms with van der Waals surface area (Å²) >= 11 is 1.74. The first kappa shape index (κ1) is 26.9. The molecule has 0 spiro atoms. The van der Waals surface area contributed by atoms with Crippen molar-refractivity contribution < 1.29 is 48.1 Å². The Bertz CT molecular complexity index is 909. The van der Waals surface area contributed by atoms with Crippen LogP contribution in [0.4, 0.5) is 0 Å². The minimum Gasteiger partial charge on any atom is -1.00 e. The molecule has 2 aliphatic rings. The second-order valence-electron chi connectivity index (χ2n) is 8.98. The third-order valence-corrected chi connectivity index (χ3v) is 6.36. The van der Waals surface area contributed by atoms with Crippen molar-refractivity contribution in [1.82, 2.24) is 0 Å². The minimum atomic E-state index is -1.15. The molecule has 152 valence electrons. The summed E-state index contributed by atoms with van der Waals surface area (Å²) in [5.41, 5.74) is 7.51. The Labute approximate surface area is 205 Å². The fraction of sp³-hybridized carbons (Fsp3) is 0.333. The normalized spacial score (nSPS) is 18.4. The van der Waals surface area contributed by atoms with Gasteiger partial charge in [0.05, 0.1) is 0 Å². The molecule has 0 aromatic heterocycles. The number of rotatable bonds is 3. The standard InChI is InChI=1S/C22H23Si.C2H6Si.2ClH.Zr/c1-23(2,3)15-18-14-17-9-5-7-11-20(17)22(18)21-13-12-16-8-4-6-10-19(16)21;1-3-2;;;/h4-12,14,21-22H,15H2,1-3H3;1-2H3;2*1H;/q-1;;;;+2/p-2. The molecule has 2 aromatic rings. The first-order chi connectivity index (χ1) is 12.8. The van der Waals surface area contributed by atoms with E-state index in [4.69, 9.17) is 0 Å². The van der Waals surface area contributed by atoms with Gasteiger partial charge in [0.15, 0.2) is 0 Å². The summed E-state index contributed by atoms with van der Waals surface area (Å²) in [6, 6.07) is 19.0. The van der Waals surface area contributed by atoms with Crippen molar-refractivity contribution in [3.8, 4) is 0 Å². The summed E-state index contributed by atoms with van der Waals surface area (Å²) in [6.07, 6.45) is 8.32. The van der Waals surface area contributed by atoms with Crippen LogP contribution in [0.3, 0.4) is 0 Å². The van der Waals surface area contributed by atoms with Crippen LogP contribution in [0, 0.1) is 6.08 Å². The van der Waals surface area contributed by atoms with Crippen LogP contribution in [0.2, 0.25) is 38.8 Å². The first-order valence-corrected chi connectivity index (χ1v) is 19.6. The Hall–Kier alpha value is -0.183. The maximum Gasteiger partial charge on any atom is -1.00 e. The Balaban J connectivity index is 0.000000646. The van der Waals surface area contributed by atoms with Gasteiger partial charge in [0, 0.05) is 8.07 Å². The van der Waals surface area contributed by atoms with Crippen LogP contribution in [0.5, 0.6) is 0 Å². The molecule has 0 N–H and O–H groups in total. The number of hydrogen-bond donors (Lipinski definition) is 0. The third kappa shape index (κ3) is 6.91. The molecule has 0 amide bonds. The van der Waals surface area contributed by atoms with E-state index in [-0.39, 0.29) is 30.2 Å². The van der Waals surface area contributed by atoms with Crippen LogP contribution in [-0.4, -0.2) is 13.5 Å². The van der Waals surface area contributed by atoms with E-state index in [0.29, 0.717) is 11.8 Å². The van der Waals surface area contributed by atoms with Crippen molar-refractivity contribution in [3.63, 3.8) is 0 Å². The van der Waals surface area contributed by atoms with Crippen LogP contribution in [0.1, 0.15) is 34.1 Å². The van der Waals surface area contributed by atoms with Gasteiger partial charge in [-0.3, -0.25) is 6.08 Å². The van der Waals surface area contributed by atoms with Crippen LogP contribution in [-0.2, 0) is 23.3 Å². The average molecular weight is 536 g/mol. The van der Waals surface area contributed by atoms with Crippen molar-refractivity contribution in [2.24, 2.45) is 0 Å². The maximum absolute atomic E-state index is 3.67. The molecular weight excluding hydrogens is 507 g/mol. The van der Waals surface area contributed by atoms with E-state index in [2.05, 4.69) is 99.5 Å². The number of allylic oxidation sites excluding steroid dienone is 2. The molecule has 29 heavy (non-hydrogen) atoms. The monoisotopic (exact) mass is 533 g/mol. The molecule has 5 heteroatoms. The molecule has 0 fully saturated rings. The second kappa shape index (κ2) is 11.4. The van der Waals surface area contributed by atoms with E-state index in [0.717, 1.165) is 0 Å². The quantitative estimate of drug-likeness (QED) is 0.405. The maximum atomic E-state index is 3.67. The Kier molecular flexibility index (Phi) is 10.6. The molecule has 0 aliphatic heterocycles. The van der Waals surface area contributed by atoms with Crippen LogP contribution < -0.4 is 24.8 Å². The van der Waals surface area contributed by atoms with Gasteiger partial charge in [-0.05, 0) is 23.1 Å². The number of hydrogen-bond acceptors (Lipinski definition) is 0. The zero-order valence-corrected chi connectivity index (χ0v) is 23.9. The molecule has 0 nitrogen and oxygen atoms in total. The van der Waals surface area contributed by atoms with Crippen molar-refractivity contribution in [2.45, 2.75) is 50.6 Å². The number of halogens is 2. The molecule has 2 atom stereocenters.